The molecule has 2 aromatic heterocycles. The SMILES string of the molecule is O=C(CN1CCN(S(=O)(=O)c2cccc3cccnc23)CC1)c1cccs1. The number of carbonyl (C=O) groups is 1. The molecule has 1 aromatic carbocycles. The van der Waals surface area contributed by atoms with Gasteiger partial charge in [0.1, 0.15) is 4.90 Å². The maximum Gasteiger partial charge on any atom is 0.245 e. The minimum Gasteiger partial charge on any atom is -0.293 e. The molecule has 0 unspecified atom stereocenters. The molecule has 0 amide bonds. The van der Waals surface area contributed by atoms with E-state index in [4.69, 9.17) is 0 Å². The van der Waals surface area contributed by atoms with Crippen LogP contribution in [0.2, 0.25) is 0 Å². The average molecular weight is 402 g/mol. The van der Waals surface area contributed by atoms with Gasteiger partial charge in [0.25, 0.3) is 0 Å². The van der Waals surface area contributed by atoms with Crippen molar-refractivity contribution in [2.45, 2.75) is 4.90 Å². The zero-order valence-corrected chi connectivity index (χ0v) is 16.2. The van der Waals surface area contributed by atoms with Gasteiger partial charge in [-0.1, -0.05) is 24.3 Å². The van der Waals surface area contributed by atoms with Crippen molar-refractivity contribution < 1.29 is 13.2 Å². The number of piperazine rings is 1. The van der Waals surface area contributed by atoms with Crippen molar-refractivity contribution in [1.82, 2.24) is 14.2 Å². The van der Waals surface area contributed by atoms with Crippen molar-refractivity contribution in [2.75, 3.05) is 32.7 Å². The van der Waals surface area contributed by atoms with E-state index < -0.39 is 10.0 Å². The van der Waals surface area contributed by atoms with E-state index in [1.54, 1.807) is 24.4 Å². The van der Waals surface area contributed by atoms with Gasteiger partial charge in [0.15, 0.2) is 5.78 Å². The average Bonchev–Trinajstić information content (AvgIpc) is 3.23. The van der Waals surface area contributed by atoms with Crippen LogP contribution >= 0.6 is 11.3 Å². The number of ketones is 1. The Hall–Kier alpha value is -2.13. The molecule has 0 aliphatic carbocycles. The third kappa shape index (κ3) is 3.66. The smallest absolute Gasteiger partial charge is 0.245 e. The van der Waals surface area contributed by atoms with Crippen LogP contribution in [0.3, 0.4) is 0 Å². The number of rotatable bonds is 5. The van der Waals surface area contributed by atoms with E-state index in [0.717, 1.165) is 10.3 Å². The van der Waals surface area contributed by atoms with Gasteiger partial charge in [0, 0.05) is 37.8 Å². The molecule has 3 heterocycles. The molecule has 0 bridgehead atoms. The molecule has 3 aromatic rings. The molecule has 6 nitrogen and oxygen atoms in total. The summed E-state index contributed by atoms with van der Waals surface area (Å²) in [6, 6.07) is 12.5. The van der Waals surface area contributed by atoms with E-state index in [1.807, 2.05) is 34.5 Å². The second-order valence-corrected chi connectivity index (χ2v) is 9.27. The van der Waals surface area contributed by atoms with Crippen molar-refractivity contribution >= 4 is 38.0 Å². The van der Waals surface area contributed by atoms with Gasteiger partial charge in [-0.15, -0.1) is 11.3 Å². The fraction of sp³-hybridized carbons (Fsp3) is 0.263. The van der Waals surface area contributed by atoms with Gasteiger partial charge >= 0.3 is 0 Å². The molecule has 8 heteroatoms. The molecule has 140 valence electrons. The summed E-state index contributed by atoms with van der Waals surface area (Å²) in [4.78, 5) is 19.5. The summed E-state index contributed by atoms with van der Waals surface area (Å²) in [5.74, 6) is 0.0829. The maximum atomic E-state index is 13.1. The Kier molecular flexibility index (Phi) is 5.05. The van der Waals surface area contributed by atoms with Gasteiger partial charge in [-0.05, 0) is 23.6 Å². The predicted octanol–water partition coefficient (Wildman–Crippen LogP) is 2.49. The second kappa shape index (κ2) is 7.47. The van der Waals surface area contributed by atoms with Crippen LogP contribution in [0.25, 0.3) is 10.9 Å². The molecule has 1 saturated heterocycles. The van der Waals surface area contributed by atoms with Gasteiger partial charge in [-0.3, -0.25) is 14.7 Å². The largest absolute Gasteiger partial charge is 0.293 e. The van der Waals surface area contributed by atoms with Gasteiger partial charge < -0.3 is 0 Å². The Morgan fingerprint density at radius 1 is 1.04 bits per heavy atom. The van der Waals surface area contributed by atoms with Crippen molar-refractivity contribution in [3.63, 3.8) is 0 Å². The number of fused-ring (bicyclic) bond motifs is 1. The van der Waals surface area contributed by atoms with Gasteiger partial charge in [-0.2, -0.15) is 4.31 Å². The van der Waals surface area contributed by atoms with E-state index in [1.165, 1.54) is 15.6 Å². The first-order chi connectivity index (χ1) is 13.1. The van der Waals surface area contributed by atoms with Crippen LogP contribution in [-0.2, 0) is 10.0 Å². The van der Waals surface area contributed by atoms with Crippen molar-refractivity contribution in [2.24, 2.45) is 0 Å². The molecule has 1 fully saturated rings. The minimum absolute atomic E-state index is 0.0829. The van der Waals surface area contributed by atoms with E-state index in [-0.39, 0.29) is 10.7 Å². The summed E-state index contributed by atoms with van der Waals surface area (Å²) in [7, 11) is -3.62. The van der Waals surface area contributed by atoms with Crippen LogP contribution in [0.15, 0.2) is 58.9 Å². The molecule has 0 saturated carbocycles. The van der Waals surface area contributed by atoms with Crippen LogP contribution in [-0.4, -0.2) is 61.1 Å². The third-order valence-electron chi connectivity index (χ3n) is 4.71. The first kappa shape index (κ1) is 18.2. The number of hydrogen-bond acceptors (Lipinski definition) is 6. The van der Waals surface area contributed by atoms with E-state index in [9.17, 15) is 13.2 Å². The summed E-state index contributed by atoms with van der Waals surface area (Å²) in [5.41, 5.74) is 0.496. The molecular formula is C19H19N3O3S2. The number of benzene rings is 1. The molecule has 1 aliphatic heterocycles. The van der Waals surface area contributed by atoms with Crippen molar-refractivity contribution in [3.05, 3.63) is 58.9 Å². The number of aromatic nitrogens is 1. The highest BCUT2D eigenvalue weighted by Gasteiger charge is 2.30. The topological polar surface area (TPSA) is 70.6 Å². The molecule has 0 radical (unpaired) electrons. The zero-order valence-electron chi connectivity index (χ0n) is 14.6. The van der Waals surface area contributed by atoms with E-state index >= 15 is 0 Å². The predicted molar refractivity (Wildman–Crippen MR) is 106 cm³/mol. The van der Waals surface area contributed by atoms with E-state index in [0.29, 0.717) is 38.2 Å². The number of hydrogen-bond donors (Lipinski definition) is 0. The van der Waals surface area contributed by atoms with Crippen molar-refractivity contribution in [1.29, 1.82) is 0 Å². The Labute approximate surface area is 162 Å². The Morgan fingerprint density at radius 3 is 2.56 bits per heavy atom. The summed E-state index contributed by atoms with van der Waals surface area (Å²) in [6.45, 7) is 2.12. The lowest BCUT2D eigenvalue weighted by molar-refractivity contribution is 0.0906. The van der Waals surface area contributed by atoms with Crippen LogP contribution < -0.4 is 0 Å². The summed E-state index contributed by atoms with van der Waals surface area (Å²) >= 11 is 1.43. The van der Waals surface area contributed by atoms with Crippen LogP contribution in [0.5, 0.6) is 0 Å². The fourth-order valence-corrected chi connectivity index (χ4v) is 5.51. The van der Waals surface area contributed by atoms with Crippen LogP contribution in [0, 0.1) is 0 Å². The molecule has 0 N–H and O–H groups in total. The second-order valence-electron chi connectivity index (χ2n) is 6.41. The zero-order chi connectivity index (χ0) is 18.9. The molecule has 4 rings (SSSR count). The Balaban J connectivity index is 1.48. The minimum atomic E-state index is -3.62. The summed E-state index contributed by atoms with van der Waals surface area (Å²) in [6.07, 6.45) is 1.61. The lowest BCUT2D eigenvalue weighted by atomic mass is 10.2. The van der Waals surface area contributed by atoms with Gasteiger partial charge in [0.05, 0.1) is 16.9 Å². The Bertz CT molecular complexity index is 1050. The molecule has 27 heavy (non-hydrogen) atoms. The monoisotopic (exact) mass is 401 g/mol. The lowest BCUT2D eigenvalue weighted by Gasteiger charge is -2.33. The maximum absolute atomic E-state index is 13.1. The molecule has 0 spiro atoms. The molecule has 0 atom stereocenters. The standard InChI is InChI=1S/C19H19N3O3S2/c23-16(17-6-3-13-26-17)14-21-9-11-22(12-10-21)27(24,25)18-7-1-4-15-5-2-8-20-19(15)18/h1-8,13H,9-12,14H2. The van der Waals surface area contributed by atoms with Gasteiger partial charge in [-0.25, -0.2) is 8.42 Å². The number of thiophene rings is 1. The fourth-order valence-electron chi connectivity index (χ4n) is 3.27. The third-order valence-corrected chi connectivity index (χ3v) is 7.55. The van der Waals surface area contributed by atoms with Crippen molar-refractivity contribution in [3.8, 4) is 0 Å². The first-order valence-corrected chi connectivity index (χ1v) is 11.0. The number of carbonyl (C=O) groups excluding carboxylic acids is 1. The Morgan fingerprint density at radius 2 is 1.81 bits per heavy atom. The first-order valence-electron chi connectivity index (χ1n) is 8.69. The van der Waals surface area contributed by atoms with Gasteiger partial charge in [0.2, 0.25) is 10.0 Å². The van der Waals surface area contributed by atoms with E-state index in [2.05, 4.69) is 4.98 Å². The van der Waals surface area contributed by atoms with Crippen LogP contribution in [0.4, 0.5) is 0 Å². The quantitative estimate of drug-likeness (QED) is 0.615. The summed E-state index contributed by atoms with van der Waals surface area (Å²) < 4.78 is 27.7. The van der Waals surface area contributed by atoms with Crippen LogP contribution in [0.1, 0.15) is 9.67 Å². The number of Topliss-reactive ketones (excluding diaryl/α,β-unsaturated/α-hetero) is 1. The number of pyridine rings is 1. The normalized spacial score (nSPS) is 16.6. The number of para-hydroxylation sites is 1. The highest BCUT2D eigenvalue weighted by molar-refractivity contribution is 7.89. The highest BCUT2D eigenvalue weighted by atomic mass is 32.2. The highest BCUT2D eigenvalue weighted by Crippen LogP contribution is 2.25. The number of nitrogens with zero attached hydrogens (tertiary/aromatic N) is 3. The molecular weight excluding hydrogens is 382 g/mol. The molecule has 1 aliphatic rings. The summed E-state index contributed by atoms with van der Waals surface area (Å²) in [5, 5.41) is 2.69. The lowest BCUT2D eigenvalue weighted by Crippen LogP contribution is -2.49. The number of sulfonamides is 1.